The van der Waals surface area contributed by atoms with Crippen LogP contribution < -0.4 is 0 Å². The Morgan fingerprint density at radius 2 is 0.863 bits per heavy atom. The average molecular weight is 757 g/mol. The number of carbonyl (C=O) groups excluding carboxylic acids is 2. The van der Waals surface area contributed by atoms with E-state index < -0.39 is 81.6 Å². The Bertz CT molecular complexity index is 1390. The summed E-state index contributed by atoms with van der Waals surface area (Å²) in [6.45, 7) is 20.0. The molecule has 0 amide bonds. The van der Waals surface area contributed by atoms with Gasteiger partial charge in [-0.15, -0.1) is 0 Å². The molecule has 0 fully saturated rings. The predicted molar refractivity (Wildman–Crippen MR) is 197 cm³/mol. The number of aliphatic hydroxyl groups is 2. The van der Waals surface area contributed by atoms with Crippen molar-refractivity contribution < 1.29 is 57.9 Å². The lowest BCUT2D eigenvalue weighted by atomic mass is 9.56. The number of benzene rings is 2. The summed E-state index contributed by atoms with van der Waals surface area (Å²) in [6.07, 6.45) is 0. The number of esters is 2. The number of methoxy groups -OCH3 is 2. The Morgan fingerprint density at radius 1 is 0.569 bits per heavy atom. The molecule has 0 unspecified atom stereocenters. The van der Waals surface area contributed by atoms with E-state index in [4.69, 9.17) is 18.5 Å². The highest BCUT2D eigenvalue weighted by Gasteiger charge is 2.62. The van der Waals surface area contributed by atoms with E-state index in [1.165, 1.54) is 14.2 Å². The van der Waals surface area contributed by atoms with Crippen LogP contribution in [0.2, 0.25) is 0 Å². The predicted octanol–water partition coefficient (Wildman–Crippen LogP) is 6.12. The lowest BCUT2D eigenvalue weighted by molar-refractivity contribution is -0.123. The second kappa shape index (κ2) is 16.1. The molecule has 0 saturated carbocycles. The topological polar surface area (TPSA) is 192 Å². The third-order valence-electron chi connectivity index (χ3n) is 9.08. The van der Waals surface area contributed by atoms with Gasteiger partial charge in [0.15, 0.2) is 0 Å². The van der Waals surface area contributed by atoms with Gasteiger partial charge in [0.05, 0.1) is 50.6 Å². The molecule has 0 aromatic heterocycles. The molecule has 0 aliphatic heterocycles. The van der Waals surface area contributed by atoms with Crippen molar-refractivity contribution in [3.05, 3.63) is 68.8 Å². The molecule has 0 radical (unpaired) electrons. The van der Waals surface area contributed by atoms with Gasteiger partial charge in [0, 0.05) is 0 Å². The van der Waals surface area contributed by atoms with Crippen LogP contribution in [0.25, 0.3) is 0 Å². The number of hydrogen-bond acceptors (Lipinski definition) is 12. The number of hydrogen-bond donors (Lipinski definition) is 6. The first kappa shape index (κ1) is 45.1. The van der Waals surface area contributed by atoms with Crippen molar-refractivity contribution in [2.45, 2.75) is 110 Å². The minimum Gasteiger partial charge on any atom is -0.465 e. The van der Waals surface area contributed by atoms with Gasteiger partial charge in [-0.2, -0.15) is 0 Å². The second-order valence-electron chi connectivity index (χ2n) is 17.0. The van der Waals surface area contributed by atoms with Crippen LogP contribution in [0.1, 0.15) is 137 Å². The summed E-state index contributed by atoms with van der Waals surface area (Å²) in [5.74, 6) is -1.26. The van der Waals surface area contributed by atoms with Crippen LogP contribution in [-0.2, 0) is 45.8 Å². The quantitative estimate of drug-likeness (QED) is 0.108. The van der Waals surface area contributed by atoms with Gasteiger partial charge in [-0.25, -0.2) is 9.59 Å². The fourth-order valence-corrected chi connectivity index (χ4v) is 7.48. The Morgan fingerprint density at radius 3 is 1.06 bits per heavy atom. The van der Waals surface area contributed by atoms with E-state index in [2.05, 4.69) is 0 Å². The fraction of sp³-hybridized carbons (Fsp3) is 0.622. The molecule has 0 atom stereocenters. The molecule has 0 saturated heterocycles. The van der Waals surface area contributed by atoms with Gasteiger partial charge < -0.3 is 43.8 Å². The van der Waals surface area contributed by atoms with Gasteiger partial charge in [0.1, 0.15) is 5.60 Å². The Kier molecular flexibility index (Phi) is 14.2. The summed E-state index contributed by atoms with van der Waals surface area (Å²) in [6, 6.07) is 6.47. The van der Waals surface area contributed by atoms with Crippen LogP contribution in [0, 0.1) is 5.41 Å². The number of rotatable bonds is 12. The smallest absolute Gasteiger partial charge is 0.337 e. The lowest BCUT2D eigenvalue weighted by Crippen LogP contribution is -2.58. The molecule has 288 valence electrons. The zero-order valence-corrected chi connectivity index (χ0v) is 34.2. The standard InChI is InChI=1S/C37H58O12P2/c1-32(2,3)24-15-22(30(40)46-13)16-25(33(4,5)6)28(24)37(49-51(44)45,36(19-38,20-39)21-48-50(42)43)29-26(34(7,8)9)17-23(31(41)47-14)18-27(29)35(10,11)12/h15-18,38-39,42-45H,19-21H2,1-14H3. The van der Waals surface area contributed by atoms with Gasteiger partial charge in [-0.3, -0.25) is 4.52 Å². The van der Waals surface area contributed by atoms with Crippen LogP contribution in [0.3, 0.4) is 0 Å². The van der Waals surface area contributed by atoms with Gasteiger partial charge in [-0.05, 0) is 79.3 Å². The van der Waals surface area contributed by atoms with E-state index in [0.29, 0.717) is 22.3 Å². The molecular formula is C37H58O12P2. The maximum atomic E-state index is 13.2. The number of ether oxygens (including phenoxy) is 2. The van der Waals surface area contributed by atoms with Crippen molar-refractivity contribution in [3.8, 4) is 0 Å². The van der Waals surface area contributed by atoms with E-state index in [-0.39, 0.29) is 22.3 Å². The molecule has 12 nitrogen and oxygen atoms in total. The molecule has 0 bridgehead atoms. The largest absolute Gasteiger partial charge is 0.465 e. The Labute approximate surface area is 305 Å². The third-order valence-corrected chi connectivity index (χ3v) is 9.88. The van der Waals surface area contributed by atoms with Crippen molar-refractivity contribution >= 4 is 29.1 Å². The van der Waals surface area contributed by atoms with Crippen LogP contribution in [0.4, 0.5) is 0 Å². The molecule has 2 aromatic carbocycles. The summed E-state index contributed by atoms with van der Waals surface area (Å²) in [7, 11) is -3.89. The van der Waals surface area contributed by atoms with Crippen molar-refractivity contribution in [2.24, 2.45) is 5.41 Å². The average Bonchev–Trinajstić information content (AvgIpc) is 3.00. The minimum atomic E-state index is -3.36. The van der Waals surface area contributed by atoms with E-state index in [9.17, 15) is 39.4 Å². The molecule has 51 heavy (non-hydrogen) atoms. The van der Waals surface area contributed by atoms with Crippen LogP contribution >= 0.6 is 17.2 Å². The maximum absolute atomic E-state index is 13.2. The van der Waals surface area contributed by atoms with Crippen molar-refractivity contribution in [1.82, 2.24) is 0 Å². The van der Waals surface area contributed by atoms with Gasteiger partial charge in [0.25, 0.3) is 0 Å². The summed E-state index contributed by atoms with van der Waals surface area (Å²) >= 11 is 0. The molecule has 0 aliphatic carbocycles. The summed E-state index contributed by atoms with van der Waals surface area (Å²) in [5.41, 5.74) is -4.97. The summed E-state index contributed by atoms with van der Waals surface area (Å²) < 4.78 is 22.3. The van der Waals surface area contributed by atoms with Crippen LogP contribution in [0.15, 0.2) is 24.3 Å². The molecule has 2 rings (SSSR count). The fourth-order valence-electron chi connectivity index (χ4n) is 6.49. The monoisotopic (exact) mass is 756 g/mol. The number of carbonyl (C=O) groups is 2. The normalized spacial score (nSPS) is 13.6. The molecule has 14 heteroatoms. The first-order chi connectivity index (χ1) is 23.1. The second-order valence-corrected chi connectivity index (χ2v) is 18.5. The zero-order chi connectivity index (χ0) is 39.7. The van der Waals surface area contributed by atoms with E-state index in [1.807, 2.05) is 83.1 Å². The van der Waals surface area contributed by atoms with Gasteiger partial charge >= 0.3 is 29.1 Å². The van der Waals surface area contributed by atoms with E-state index in [0.717, 1.165) is 0 Å². The number of aliphatic hydroxyl groups excluding tert-OH is 2. The molecular weight excluding hydrogens is 698 g/mol. The zero-order valence-electron chi connectivity index (χ0n) is 32.5. The highest BCUT2D eigenvalue weighted by Crippen LogP contribution is 2.61. The maximum Gasteiger partial charge on any atom is 0.337 e. The van der Waals surface area contributed by atoms with Crippen molar-refractivity contribution in [1.29, 1.82) is 0 Å². The molecule has 6 N–H and O–H groups in total. The van der Waals surface area contributed by atoms with Crippen LogP contribution in [0.5, 0.6) is 0 Å². The molecule has 0 spiro atoms. The summed E-state index contributed by atoms with van der Waals surface area (Å²) in [4.78, 5) is 68.9. The first-order valence-corrected chi connectivity index (χ1v) is 18.9. The molecule has 2 aromatic rings. The highest BCUT2D eigenvalue weighted by atomic mass is 31.2. The minimum absolute atomic E-state index is 0.192. The van der Waals surface area contributed by atoms with Gasteiger partial charge in [-0.1, -0.05) is 83.1 Å². The SMILES string of the molecule is COC(=O)c1cc(C(C)(C)C)c(C(OP(O)O)(c2c(C(C)(C)C)cc(C(=O)OC)cc2C(C)(C)C)C(CO)(CO)COP(O)O)c(C(C)(C)C)c1. The highest BCUT2D eigenvalue weighted by molar-refractivity contribution is 7.39. The Balaban J connectivity index is 3.87. The van der Waals surface area contributed by atoms with Crippen molar-refractivity contribution in [3.63, 3.8) is 0 Å². The van der Waals surface area contributed by atoms with Crippen molar-refractivity contribution in [2.75, 3.05) is 34.0 Å². The molecule has 0 heterocycles. The third kappa shape index (κ3) is 9.36. The Hall–Kier alpha value is -2.08. The molecule has 0 aliphatic rings. The van der Waals surface area contributed by atoms with Gasteiger partial charge in [0.2, 0.25) is 0 Å². The van der Waals surface area contributed by atoms with Crippen LogP contribution in [-0.4, -0.2) is 75.8 Å². The lowest BCUT2D eigenvalue weighted by Gasteiger charge is -2.54. The van der Waals surface area contributed by atoms with E-state index in [1.54, 1.807) is 24.3 Å². The van der Waals surface area contributed by atoms with E-state index >= 15 is 0 Å². The first-order valence-electron chi connectivity index (χ1n) is 16.5. The summed E-state index contributed by atoms with van der Waals surface area (Å²) in [5, 5.41) is 23.2.